The van der Waals surface area contributed by atoms with Gasteiger partial charge in [-0.3, -0.25) is 0 Å². The number of carbonyl (C=O) groups excluding carboxylic acids is 1. The molecule has 0 aromatic heterocycles. The summed E-state index contributed by atoms with van der Waals surface area (Å²) in [6, 6.07) is 0. The van der Waals surface area contributed by atoms with Gasteiger partial charge in [0.15, 0.2) is 6.29 Å². The summed E-state index contributed by atoms with van der Waals surface area (Å²) in [7, 11) is 0. The maximum absolute atomic E-state index is 11.1. The van der Waals surface area contributed by atoms with Crippen molar-refractivity contribution in [2.75, 3.05) is 19.8 Å². The Morgan fingerprint density at radius 1 is 1.47 bits per heavy atom. The van der Waals surface area contributed by atoms with Crippen molar-refractivity contribution in [3.63, 3.8) is 0 Å². The Kier molecular flexibility index (Phi) is 4.29. The molecule has 1 saturated heterocycles. The lowest BCUT2D eigenvalue weighted by molar-refractivity contribution is -0.137. The highest BCUT2D eigenvalue weighted by Gasteiger charge is 2.32. The minimum atomic E-state index is -0.330. The first kappa shape index (κ1) is 12.2. The molecule has 4 nitrogen and oxygen atoms in total. The highest BCUT2D eigenvalue weighted by Crippen LogP contribution is 2.28. The van der Waals surface area contributed by atoms with Crippen LogP contribution in [0.1, 0.15) is 20.8 Å². The summed E-state index contributed by atoms with van der Waals surface area (Å²) in [4.78, 5) is 11.1. The largest absolute Gasteiger partial charge is 0.463 e. The van der Waals surface area contributed by atoms with E-state index in [1.54, 1.807) is 13.0 Å². The highest BCUT2D eigenvalue weighted by atomic mass is 16.7. The van der Waals surface area contributed by atoms with Crippen molar-refractivity contribution in [2.24, 2.45) is 5.41 Å². The summed E-state index contributed by atoms with van der Waals surface area (Å²) < 4.78 is 15.6. The zero-order valence-electron chi connectivity index (χ0n) is 9.49. The first-order valence-corrected chi connectivity index (χ1v) is 5.15. The van der Waals surface area contributed by atoms with Crippen LogP contribution in [0.15, 0.2) is 12.2 Å². The van der Waals surface area contributed by atoms with Crippen molar-refractivity contribution >= 4 is 5.97 Å². The molecule has 0 amide bonds. The minimum Gasteiger partial charge on any atom is -0.463 e. The lowest BCUT2D eigenvalue weighted by Gasteiger charge is -2.25. The number of hydrogen-bond donors (Lipinski definition) is 0. The smallest absolute Gasteiger partial charge is 0.330 e. The van der Waals surface area contributed by atoms with Crippen LogP contribution < -0.4 is 0 Å². The summed E-state index contributed by atoms with van der Waals surface area (Å²) in [5.74, 6) is -0.330. The van der Waals surface area contributed by atoms with Gasteiger partial charge in [0.25, 0.3) is 0 Å². The monoisotopic (exact) mass is 214 g/mol. The molecule has 0 bridgehead atoms. The highest BCUT2D eigenvalue weighted by molar-refractivity contribution is 5.81. The zero-order chi connectivity index (χ0) is 11.3. The van der Waals surface area contributed by atoms with Crippen LogP contribution in [-0.2, 0) is 19.0 Å². The fourth-order valence-electron chi connectivity index (χ4n) is 1.34. The molecule has 1 aliphatic rings. The molecule has 1 rings (SSSR count). The van der Waals surface area contributed by atoms with E-state index in [0.717, 1.165) is 0 Å². The van der Waals surface area contributed by atoms with Gasteiger partial charge in [-0.15, -0.1) is 0 Å². The molecule has 0 aromatic carbocycles. The molecule has 15 heavy (non-hydrogen) atoms. The standard InChI is InChI=1S/C11H18O4/c1-4-13-9(12)5-6-11(2,3)10-14-7-8-15-10/h5-6,10H,4,7-8H2,1-3H3/b6-5+. The molecule has 0 saturated carbocycles. The molecule has 4 heteroatoms. The Bertz CT molecular complexity index is 239. The van der Waals surface area contributed by atoms with E-state index < -0.39 is 0 Å². The Morgan fingerprint density at radius 2 is 2.07 bits per heavy atom. The van der Waals surface area contributed by atoms with Crippen molar-refractivity contribution in [3.05, 3.63) is 12.2 Å². The van der Waals surface area contributed by atoms with E-state index in [-0.39, 0.29) is 17.7 Å². The third-order valence-corrected chi connectivity index (χ3v) is 2.16. The van der Waals surface area contributed by atoms with Gasteiger partial charge >= 0.3 is 5.97 Å². The molecular formula is C11H18O4. The fourth-order valence-corrected chi connectivity index (χ4v) is 1.34. The van der Waals surface area contributed by atoms with Gasteiger partial charge in [0, 0.05) is 11.5 Å². The van der Waals surface area contributed by atoms with Crippen molar-refractivity contribution in [1.29, 1.82) is 0 Å². The molecule has 86 valence electrons. The van der Waals surface area contributed by atoms with E-state index in [1.807, 2.05) is 13.8 Å². The Labute approximate surface area is 90.2 Å². The molecule has 0 atom stereocenters. The number of esters is 1. The number of carbonyl (C=O) groups is 1. The average molecular weight is 214 g/mol. The van der Waals surface area contributed by atoms with E-state index in [9.17, 15) is 4.79 Å². The molecule has 0 unspecified atom stereocenters. The molecular weight excluding hydrogens is 196 g/mol. The quantitative estimate of drug-likeness (QED) is 0.525. The molecule has 0 spiro atoms. The normalized spacial score (nSPS) is 18.6. The maximum Gasteiger partial charge on any atom is 0.330 e. The number of hydrogen-bond acceptors (Lipinski definition) is 4. The zero-order valence-corrected chi connectivity index (χ0v) is 9.49. The predicted molar refractivity (Wildman–Crippen MR) is 55.2 cm³/mol. The molecule has 1 heterocycles. The van der Waals surface area contributed by atoms with Gasteiger partial charge in [-0.1, -0.05) is 19.9 Å². The van der Waals surface area contributed by atoms with Crippen LogP contribution in [0.25, 0.3) is 0 Å². The van der Waals surface area contributed by atoms with Gasteiger partial charge in [0.1, 0.15) is 0 Å². The Hall–Kier alpha value is -0.870. The molecule has 0 radical (unpaired) electrons. The van der Waals surface area contributed by atoms with Gasteiger partial charge in [0.05, 0.1) is 19.8 Å². The van der Waals surface area contributed by atoms with Gasteiger partial charge in [-0.05, 0) is 6.92 Å². The van der Waals surface area contributed by atoms with E-state index >= 15 is 0 Å². The van der Waals surface area contributed by atoms with Crippen LogP contribution in [-0.4, -0.2) is 32.1 Å². The van der Waals surface area contributed by atoms with Crippen LogP contribution in [0, 0.1) is 5.41 Å². The average Bonchev–Trinajstić information content (AvgIpc) is 2.69. The SMILES string of the molecule is CCOC(=O)/C=C/C(C)(C)C1OCCO1. The first-order valence-electron chi connectivity index (χ1n) is 5.15. The van der Waals surface area contributed by atoms with Crippen LogP contribution in [0.2, 0.25) is 0 Å². The second-order valence-electron chi connectivity index (χ2n) is 3.98. The van der Waals surface area contributed by atoms with Crippen LogP contribution >= 0.6 is 0 Å². The molecule has 0 aromatic rings. The fraction of sp³-hybridized carbons (Fsp3) is 0.727. The molecule has 0 N–H and O–H groups in total. The van der Waals surface area contributed by atoms with Gasteiger partial charge in [-0.2, -0.15) is 0 Å². The summed E-state index contributed by atoms with van der Waals surface area (Å²) in [5.41, 5.74) is -0.316. The van der Waals surface area contributed by atoms with Crippen molar-refractivity contribution in [2.45, 2.75) is 27.1 Å². The third kappa shape index (κ3) is 3.64. The lowest BCUT2D eigenvalue weighted by atomic mass is 9.92. The topological polar surface area (TPSA) is 44.8 Å². The summed E-state index contributed by atoms with van der Waals surface area (Å²) in [6.07, 6.45) is 2.92. The first-order chi connectivity index (χ1) is 7.06. The van der Waals surface area contributed by atoms with Crippen molar-refractivity contribution < 1.29 is 19.0 Å². The lowest BCUT2D eigenvalue weighted by Crippen LogP contribution is -2.28. The van der Waals surface area contributed by atoms with Gasteiger partial charge < -0.3 is 14.2 Å². The molecule has 1 fully saturated rings. The van der Waals surface area contributed by atoms with E-state index in [0.29, 0.717) is 19.8 Å². The second kappa shape index (κ2) is 5.28. The second-order valence-corrected chi connectivity index (χ2v) is 3.98. The van der Waals surface area contributed by atoms with Crippen molar-refractivity contribution in [1.82, 2.24) is 0 Å². The minimum absolute atomic E-state index is 0.275. The number of rotatable bonds is 4. The van der Waals surface area contributed by atoms with E-state index in [1.165, 1.54) is 6.08 Å². The predicted octanol–water partition coefficient (Wildman–Crippen LogP) is 1.50. The van der Waals surface area contributed by atoms with Crippen molar-refractivity contribution in [3.8, 4) is 0 Å². The number of ether oxygens (including phenoxy) is 3. The van der Waals surface area contributed by atoms with Crippen LogP contribution in [0.4, 0.5) is 0 Å². The molecule has 0 aliphatic carbocycles. The Morgan fingerprint density at radius 3 is 2.60 bits per heavy atom. The third-order valence-electron chi connectivity index (χ3n) is 2.16. The van der Waals surface area contributed by atoms with Gasteiger partial charge in [0.2, 0.25) is 0 Å². The molecule has 1 aliphatic heterocycles. The summed E-state index contributed by atoms with van der Waals surface area (Å²) in [5, 5.41) is 0. The summed E-state index contributed by atoms with van der Waals surface area (Å²) in [6.45, 7) is 7.31. The van der Waals surface area contributed by atoms with E-state index in [2.05, 4.69) is 0 Å². The van der Waals surface area contributed by atoms with Crippen LogP contribution in [0.5, 0.6) is 0 Å². The summed E-state index contributed by atoms with van der Waals surface area (Å²) >= 11 is 0. The van der Waals surface area contributed by atoms with Crippen LogP contribution in [0.3, 0.4) is 0 Å². The Balaban J connectivity index is 2.50. The van der Waals surface area contributed by atoms with Gasteiger partial charge in [-0.25, -0.2) is 4.79 Å². The van der Waals surface area contributed by atoms with E-state index in [4.69, 9.17) is 14.2 Å². The maximum atomic E-state index is 11.1.